The monoisotopic (exact) mass is 397 g/mol. The summed E-state index contributed by atoms with van der Waals surface area (Å²) in [6, 6.07) is 4.54. The maximum atomic E-state index is 12.2. The molecule has 2 aromatic rings. The highest BCUT2D eigenvalue weighted by Gasteiger charge is 2.28. The maximum Gasteiger partial charge on any atom is 0.328 e. The standard InChI is InChI=1S/C22H31N5O2/c1-15(2)14-25-7-4-17(10-16(25)3)11-18-5-9-27-19(12-18)20(13-23-27)26-8-6-21(28)24-22(26)29/h5,9,12-13,15-17H,4,6-8,10-11,14H2,1-3H3,(H,24,28,29)/t16-,17-/m1/s1. The van der Waals surface area contributed by atoms with E-state index in [2.05, 4.69) is 48.2 Å². The minimum absolute atomic E-state index is 0.221. The number of amides is 3. The van der Waals surface area contributed by atoms with Gasteiger partial charge in [-0.05, 0) is 62.3 Å². The van der Waals surface area contributed by atoms with Crippen molar-refractivity contribution < 1.29 is 9.59 Å². The van der Waals surface area contributed by atoms with Crippen LogP contribution in [-0.2, 0) is 11.2 Å². The molecule has 0 bridgehead atoms. The van der Waals surface area contributed by atoms with Gasteiger partial charge in [0, 0.05) is 31.7 Å². The minimum atomic E-state index is -0.368. The number of aromatic nitrogens is 2. The summed E-state index contributed by atoms with van der Waals surface area (Å²) in [5, 5.41) is 6.78. The Kier molecular flexibility index (Phi) is 5.58. The first-order valence-corrected chi connectivity index (χ1v) is 10.7. The quantitative estimate of drug-likeness (QED) is 0.842. The van der Waals surface area contributed by atoms with E-state index in [-0.39, 0.29) is 11.9 Å². The van der Waals surface area contributed by atoms with Crippen LogP contribution in [0.5, 0.6) is 0 Å². The molecule has 2 fully saturated rings. The van der Waals surface area contributed by atoms with E-state index in [9.17, 15) is 9.59 Å². The summed E-state index contributed by atoms with van der Waals surface area (Å²) >= 11 is 0. The van der Waals surface area contributed by atoms with Crippen LogP contribution in [-0.4, -0.2) is 52.1 Å². The molecule has 0 aromatic carbocycles. The van der Waals surface area contributed by atoms with Crippen molar-refractivity contribution in [3.05, 3.63) is 30.1 Å². The minimum Gasteiger partial charge on any atom is -0.300 e. The molecule has 0 saturated carbocycles. The average molecular weight is 398 g/mol. The first-order chi connectivity index (χ1) is 13.9. The molecule has 2 aromatic heterocycles. The number of urea groups is 1. The summed E-state index contributed by atoms with van der Waals surface area (Å²) in [6.45, 7) is 9.67. The molecule has 2 aliphatic rings. The zero-order valence-corrected chi connectivity index (χ0v) is 17.6. The van der Waals surface area contributed by atoms with Crippen LogP contribution >= 0.6 is 0 Å². The molecule has 0 unspecified atom stereocenters. The number of fused-ring (bicyclic) bond motifs is 1. The smallest absolute Gasteiger partial charge is 0.300 e. The molecule has 1 N–H and O–H groups in total. The van der Waals surface area contributed by atoms with Crippen molar-refractivity contribution in [2.75, 3.05) is 24.5 Å². The summed E-state index contributed by atoms with van der Waals surface area (Å²) in [5.74, 6) is 1.17. The van der Waals surface area contributed by atoms with Crippen LogP contribution in [0.2, 0.25) is 0 Å². The molecule has 3 amide bonds. The first kappa shape index (κ1) is 19.9. The highest BCUT2D eigenvalue weighted by atomic mass is 16.2. The molecule has 7 nitrogen and oxygen atoms in total. The molecule has 0 radical (unpaired) electrons. The van der Waals surface area contributed by atoms with Crippen LogP contribution < -0.4 is 10.2 Å². The van der Waals surface area contributed by atoms with Gasteiger partial charge in [0.25, 0.3) is 0 Å². The molecule has 0 aliphatic carbocycles. The molecule has 7 heteroatoms. The molecule has 4 rings (SSSR count). The molecule has 2 atom stereocenters. The molecule has 156 valence electrons. The van der Waals surface area contributed by atoms with Crippen molar-refractivity contribution >= 4 is 23.1 Å². The van der Waals surface area contributed by atoms with Crippen molar-refractivity contribution in [1.29, 1.82) is 0 Å². The lowest BCUT2D eigenvalue weighted by Gasteiger charge is -2.38. The van der Waals surface area contributed by atoms with E-state index in [1.165, 1.54) is 31.5 Å². The van der Waals surface area contributed by atoms with Crippen molar-refractivity contribution in [3.63, 3.8) is 0 Å². The van der Waals surface area contributed by atoms with Gasteiger partial charge in [0.2, 0.25) is 5.91 Å². The number of imide groups is 1. The van der Waals surface area contributed by atoms with Crippen LogP contribution in [0.3, 0.4) is 0 Å². The average Bonchev–Trinajstić information content (AvgIpc) is 3.07. The van der Waals surface area contributed by atoms with Crippen LogP contribution in [0.25, 0.3) is 5.52 Å². The zero-order chi connectivity index (χ0) is 20.5. The summed E-state index contributed by atoms with van der Waals surface area (Å²) < 4.78 is 1.80. The molecule has 29 heavy (non-hydrogen) atoms. The topological polar surface area (TPSA) is 70.0 Å². The predicted octanol–water partition coefficient (Wildman–Crippen LogP) is 3.08. The SMILES string of the molecule is CC(C)CN1CC[C@@H](Cc2ccn3ncc(N4CCC(=O)NC4=O)c3c2)C[C@H]1C. The van der Waals surface area contributed by atoms with Gasteiger partial charge in [0.05, 0.1) is 17.4 Å². The maximum absolute atomic E-state index is 12.2. The molecule has 4 heterocycles. The molecule has 0 spiro atoms. The Labute approximate surface area is 172 Å². The van der Waals surface area contributed by atoms with Crippen LogP contribution in [0.15, 0.2) is 24.5 Å². The number of hydrogen-bond acceptors (Lipinski definition) is 4. The number of piperidine rings is 1. The lowest BCUT2D eigenvalue weighted by atomic mass is 9.86. The zero-order valence-electron chi connectivity index (χ0n) is 17.6. The van der Waals surface area contributed by atoms with Crippen molar-refractivity contribution in [2.24, 2.45) is 11.8 Å². The second kappa shape index (κ2) is 8.14. The van der Waals surface area contributed by atoms with E-state index in [0.717, 1.165) is 17.6 Å². The number of nitrogens with zero attached hydrogens (tertiary/aromatic N) is 4. The van der Waals surface area contributed by atoms with Gasteiger partial charge in [-0.1, -0.05) is 13.8 Å². The fourth-order valence-corrected chi connectivity index (χ4v) is 4.72. The highest BCUT2D eigenvalue weighted by molar-refractivity contribution is 6.07. The highest BCUT2D eigenvalue weighted by Crippen LogP contribution is 2.29. The van der Waals surface area contributed by atoms with Crippen molar-refractivity contribution in [3.8, 4) is 0 Å². The Balaban J connectivity index is 1.48. The van der Waals surface area contributed by atoms with Gasteiger partial charge in [-0.3, -0.25) is 15.0 Å². The number of rotatable bonds is 5. The second-order valence-electron chi connectivity index (χ2n) is 8.98. The predicted molar refractivity (Wildman–Crippen MR) is 113 cm³/mol. The molecular formula is C22H31N5O2. The first-order valence-electron chi connectivity index (χ1n) is 10.7. The van der Waals surface area contributed by atoms with E-state index in [1.54, 1.807) is 15.6 Å². The number of nitrogens with one attached hydrogen (secondary N) is 1. The summed E-state index contributed by atoms with van der Waals surface area (Å²) in [6.07, 6.45) is 7.49. The van der Waals surface area contributed by atoms with Crippen LogP contribution in [0.1, 0.15) is 45.6 Å². The van der Waals surface area contributed by atoms with E-state index < -0.39 is 0 Å². The third-order valence-electron chi connectivity index (χ3n) is 6.16. The Morgan fingerprint density at radius 2 is 2.10 bits per heavy atom. The van der Waals surface area contributed by atoms with Gasteiger partial charge in [-0.2, -0.15) is 5.10 Å². The number of pyridine rings is 1. The summed E-state index contributed by atoms with van der Waals surface area (Å²) in [5.41, 5.74) is 2.96. The van der Waals surface area contributed by atoms with Gasteiger partial charge < -0.3 is 4.90 Å². The number of likely N-dealkylation sites (tertiary alicyclic amines) is 1. The second-order valence-corrected chi connectivity index (χ2v) is 8.98. The van der Waals surface area contributed by atoms with E-state index in [4.69, 9.17) is 0 Å². The van der Waals surface area contributed by atoms with E-state index in [1.807, 2.05) is 6.20 Å². The van der Waals surface area contributed by atoms with Crippen molar-refractivity contribution in [1.82, 2.24) is 19.8 Å². The van der Waals surface area contributed by atoms with E-state index >= 15 is 0 Å². The lowest BCUT2D eigenvalue weighted by molar-refractivity contribution is -0.120. The number of carbonyl (C=O) groups is 2. The summed E-state index contributed by atoms with van der Waals surface area (Å²) in [7, 11) is 0. The number of hydrogen-bond donors (Lipinski definition) is 1. The molecule has 2 saturated heterocycles. The Morgan fingerprint density at radius 3 is 2.83 bits per heavy atom. The lowest BCUT2D eigenvalue weighted by Crippen LogP contribution is -2.49. The Hall–Kier alpha value is -2.41. The fourth-order valence-electron chi connectivity index (χ4n) is 4.72. The van der Waals surface area contributed by atoms with Gasteiger partial charge >= 0.3 is 6.03 Å². The van der Waals surface area contributed by atoms with Gasteiger partial charge in [0.15, 0.2) is 0 Å². The fraction of sp³-hybridized carbons (Fsp3) is 0.591. The van der Waals surface area contributed by atoms with Gasteiger partial charge in [-0.15, -0.1) is 0 Å². The van der Waals surface area contributed by atoms with E-state index in [0.29, 0.717) is 30.8 Å². The van der Waals surface area contributed by atoms with Crippen LogP contribution in [0, 0.1) is 11.8 Å². The normalized spacial score (nSPS) is 23.8. The number of anilines is 1. The third-order valence-corrected chi connectivity index (χ3v) is 6.16. The van der Waals surface area contributed by atoms with Crippen LogP contribution in [0.4, 0.5) is 10.5 Å². The third kappa shape index (κ3) is 4.29. The molecular weight excluding hydrogens is 366 g/mol. The summed E-state index contributed by atoms with van der Waals surface area (Å²) in [4.78, 5) is 27.9. The number of carbonyl (C=O) groups excluding carboxylic acids is 2. The molecule has 2 aliphatic heterocycles. The van der Waals surface area contributed by atoms with Gasteiger partial charge in [-0.25, -0.2) is 9.31 Å². The van der Waals surface area contributed by atoms with Crippen molar-refractivity contribution in [2.45, 2.75) is 52.5 Å². The Morgan fingerprint density at radius 1 is 1.28 bits per heavy atom. The Bertz CT molecular complexity index is 906. The largest absolute Gasteiger partial charge is 0.328 e. The van der Waals surface area contributed by atoms with Gasteiger partial charge in [0.1, 0.15) is 0 Å².